The van der Waals surface area contributed by atoms with Gasteiger partial charge < -0.3 is 14.8 Å². The number of hydrogen-bond donors (Lipinski definition) is 1. The third-order valence-corrected chi connectivity index (χ3v) is 5.52. The topological polar surface area (TPSA) is 47.6 Å². The van der Waals surface area contributed by atoms with Gasteiger partial charge in [-0.15, -0.1) is 0 Å². The van der Waals surface area contributed by atoms with Crippen molar-refractivity contribution in [2.24, 2.45) is 0 Å². The van der Waals surface area contributed by atoms with E-state index in [1.54, 1.807) is 25.3 Å². The smallest absolute Gasteiger partial charge is 0.255 e. The van der Waals surface area contributed by atoms with Gasteiger partial charge in [-0.1, -0.05) is 48.5 Å². The Bertz CT molecular complexity index is 994. The molecule has 0 saturated heterocycles. The lowest BCUT2D eigenvalue weighted by Crippen LogP contribution is -2.15. The number of para-hydroxylation sites is 1. The minimum absolute atomic E-state index is 0.158. The summed E-state index contributed by atoms with van der Waals surface area (Å²) in [6.45, 7) is 0. The number of rotatable bonds is 7. The van der Waals surface area contributed by atoms with E-state index in [4.69, 9.17) is 9.47 Å². The highest BCUT2D eigenvalue weighted by molar-refractivity contribution is 6.05. The zero-order chi connectivity index (χ0) is 20.8. The summed E-state index contributed by atoms with van der Waals surface area (Å²) in [5.41, 5.74) is 3.66. The molecule has 0 aliphatic heterocycles. The number of methoxy groups -OCH3 is 1. The SMILES string of the molecule is COc1ccc(C(=O)Nc2ccccc2Cc2ccccc2)cc1OC1CCCC1. The maximum absolute atomic E-state index is 13.0. The first-order valence-electron chi connectivity index (χ1n) is 10.5. The molecule has 1 fully saturated rings. The molecule has 0 spiro atoms. The van der Waals surface area contributed by atoms with Crippen molar-refractivity contribution in [1.82, 2.24) is 0 Å². The summed E-state index contributed by atoms with van der Waals surface area (Å²) in [6.07, 6.45) is 5.43. The lowest BCUT2D eigenvalue weighted by atomic mass is 10.0. The van der Waals surface area contributed by atoms with Crippen LogP contribution in [0.25, 0.3) is 0 Å². The van der Waals surface area contributed by atoms with Crippen molar-refractivity contribution >= 4 is 11.6 Å². The van der Waals surface area contributed by atoms with Crippen LogP contribution in [0.1, 0.15) is 47.2 Å². The van der Waals surface area contributed by atoms with Gasteiger partial charge in [-0.25, -0.2) is 0 Å². The van der Waals surface area contributed by atoms with E-state index < -0.39 is 0 Å². The number of ether oxygens (including phenoxy) is 2. The van der Waals surface area contributed by atoms with Crippen LogP contribution in [0.5, 0.6) is 11.5 Å². The summed E-state index contributed by atoms with van der Waals surface area (Å²) in [5, 5.41) is 3.07. The molecular formula is C26H27NO3. The molecule has 3 aromatic rings. The molecule has 0 bridgehead atoms. The van der Waals surface area contributed by atoms with Crippen LogP contribution in [0, 0.1) is 0 Å². The van der Waals surface area contributed by atoms with E-state index in [1.165, 1.54) is 18.4 Å². The Hall–Kier alpha value is -3.27. The van der Waals surface area contributed by atoms with Crippen LogP contribution in [-0.4, -0.2) is 19.1 Å². The highest BCUT2D eigenvalue weighted by Crippen LogP contribution is 2.33. The molecule has 1 N–H and O–H groups in total. The largest absolute Gasteiger partial charge is 0.493 e. The number of benzene rings is 3. The molecule has 4 rings (SSSR count). The van der Waals surface area contributed by atoms with Gasteiger partial charge in [0.05, 0.1) is 13.2 Å². The van der Waals surface area contributed by atoms with Crippen molar-refractivity contribution in [3.8, 4) is 11.5 Å². The predicted octanol–water partition coefficient (Wildman–Crippen LogP) is 5.86. The van der Waals surface area contributed by atoms with Gasteiger partial charge in [0.15, 0.2) is 11.5 Å². The number of hydrogen-bond acceptors (Lipinski definition) is 3. The molecular weight excluding hydrogens is 374 g/mol. The fraction of sp³-hybridized carbons (Fsp3) is 0.269. The van der Waals surface area contributed by atoms with E-state index in [1.807, 2.05) is 42.5 Å². The monoisotopic (exact) mass is 401 g/mol. The quantitative estimate of drug-likeness (QED) is 0.539. The Labute approximate surface area is 177 Å². The van der Waals surface area contributed by atoms with Gasteiger partial charge in [0.25, 0.3) is 5.91 Å². The molecule has 0 aromatic heterocycles. The second-order valence-corrected chi connectivity index (χ2v) is 7.66. The number of amides is 1. The highest BCUT2D eigenvalue weighted by atomic mass is 16.5. The molecule has 1 saturated carbocycles. The molecule has 4 heteroatoms. The Morgan fingerprint density at radius 3 is 2.43 bits per heavy atom. The van der Waals surface area contributed by atoms with Gasteiger partial charge >= 0.3 is 0 Å². The maximum atomic E-state index is 13.0. The second-order valence-electron chi connectivity index (χ2n) is 7.66. The minimum atomic E-state index is -0.158. The van der Waals surface area contributed by atoms with Crippen LogP contribution in [0.4, 0.5) is 5.69 Å². The van der Waals surface area contributed by atoms with E-state index in [0.717, 1.165) is 30.5 Å². The van der Waals surface area contributed by atoms with Crippen molar-refractivity contribution in [3.63, 3.8) is 0 Å². The average molecular weight is 402 g/mol. The zero-order valence-corrected chi connectivity index (χ0v) is 17.3. The molecule has 1 amide bonds. The van der Waals surface area contributed by atoms with Gasteiger partial charge in [0.1, 0.15) is 0 Å². The Morgan fingerprint density at radius 2 is 1.67 bits per heavy atom. The van der Waals surface area contributed by atoms with Gasteiger partial charge in [0.2, 0.25) is 0 Å². The summed E-state index contributed by atoms with van der Waals surface area (Å²) < 4.78 is 11.6. The zero-order valence-electron chi connectivity index (χ0n) is 17.3. The van der Waals surface area contributed by atoms with E-state index in [0.29, 0.717) is 17.1 Å². The molecule has 1 aliphatic rings. The van der Waals surface area contributed by atoms with E-state index in [2.05, 4.69) is 17.4 Å². The average Bonchev–Trinajstić information content (AvgIpc) is 3.29. The number of carbonyl (C=O) groups excluding carboxylic acids is 1. The van der Waals surface area contributed by atoms with Crippen LogP contribution in [0.3, 0.4) is 0 Å². The molecule has 0 atom stereocenters. The summed E-state index contributed by atoms with van der Waals surface area (Å²) in [6, 6.07) is 23.5. The molecule has 154 valence electrons. The standard InChI is InChI=1S/C26H27NO3/c1-29-24-16-15-21(18-25(24)30-22-12-6-7-13-22)26(28)27-23-14-8-5-11-20(23)17-19-9-3-2-4-10-19/h2-5,8-11,14-16,18,22H,6-7,12-13,17H2,1H3,(H,27,28). The van der Waals surface area contributed by atoms with E-state index in [-0.39, 0.29) is 12.0 Å². The first-order chi connectivity index (χ1) is 14.7. The van der Waals surface area contributed by atoms with Crippen molar-refractivity contribution in [2.75, 3.05) is 12.4 Å². The molecule has 3 aromatic carbocycles. The summed E-state index contributed by atoms with van der Waals surface area (Å²) in [5.74, 6) is 1.13. The first-order valence-corrected chi connectivity index (χ1v) is 10.5. The fourth-order valence-electron chi connectivity index (χ4n) is 3.90. The highest BCUT2D eigenvalue weighted by Gasteiger charge is 2.20. The molecule has 0 heterocycles. The number of nitrogens with one attached hydrogen (secondary N) is 1. The van der Waals surface area contributed by atoms with Gasteiger partial charge in [0, 0.05) is 11.3 Å². The van der Waals surface area contributed by atoms with Crippen LogP contribution >= 0.6 is 0 Å². The van der Waals surface area contributed by atoms with Crippen LogP contribution in [-0.2, 0) is 6.42 Å². The summed E-state index contributed by atoms with van der Waals surface area (Å²) in [7, 11) is 1.62. The predicted molar refractivity (Wildman–Crippen MR) is 120 cm³/mol. The Morgan fingerprint density at radius 1 is 0.933 bits per heavy atom. The molecule has 0 radical (unpaired) electrons. The van der Waals surface area contributed by atoms with E-state index >= 15 is 0 Å². The molecule has 4 nitrogen and oxygen atoms in total. The van der Waals surface area contributed by atoms with Crippen LogP contribution in [0.2, 0.25) is 0 Å². The number of anilines is 1. The lowest BCUT2D eigenvalue weighted by Gasteiger charge is -2.17. The van der Waals surface area contributed by atoms with Gasteiger partial charge in [-0.3, -0.25) is 4.79 Å². The van der Waals surface area contributed by atoms with Crippen molar-refractivity contribution < 1.29 is 14.3 Å². The molecule has 1 aliphatic carbocycles. The number of carbonyl (C=O) groups is 1. The summed E-state index contributed by atoms with van der Waals surface area (Å²) in [4.78, 5) is 13.0. The first kappa shape index (κ1) is 20.0. The second kappa shape index (κ2) is 9.49. The lowest BCUT2D eigenvalue weighted by molar-refractivity contribution is 0.102. The Kier molecular flexibility index (Phi) is 6.33. The van der Waals surface area contributed by atoms with Crippen molar-refractivity contribution in [1.29, 1.82) is 0 Å². The molecule has 0 unspecified atom stereocenters. The van der Waals surface area contributed by atoms with Crippen LogP contribution < -0.4 is 14.8 Å². The normalized spacial score (nSPS) is 13.8. The van der Waals surface area contributed by atoms with E-state index in [9.17, 15) is 4.79 Å². The third-order valence-electron chi connectivity index (χ3n) is 5.52. The minimum Gasteiger partial charge on any atom is -0.493 e. The van der Waals surface area contributed by atoms with Crippen molar-refractivity contribution in [2.45, 2.75) is 38.2 Å². The molecule has 30 heavy (non-hydrogen) atoms. The third kappa shape index (κ3) is 4.82. The van der Waals surface area contributed by atoms with Crippen molar-refractivity contribution in [3.05, 3.63) is 89.5 Å². The van der Waals surface area contributed by atoms with Crippen LogP contribution in [0.15, 0.2) is 72.8 Å². The Balaban J connectivity index is 1.52. The fourth-order valence-corrected chi connectivity index (χ4v) is 3.90. The van der Waals surface area contributed by atoms with Gasteiger partial charge in [-0.2, -0.15) is 0 Å². The maximum Gasteiger partial charge on any atom is 0.255 e. The van der Waals surface area contributed by atoms with Gasteiger partial charge in [-0.05, 0) is 67.5 Å². The summed E-state index contributed by atoms with van der Waals surface area (Å²) >= 11 is 0.